The molecule has 0 saturated heterocycles. The molecule has 0 fully saturated rings. The summed E-state index contributed by atoms with van der Waals surface area (Å²) >= 11 is 3.36. The van der Waals surface area contributed by atoms with E-state index in [9.17, 15) is 0 Å². The van der Waals surface area contributed by atoms with Gasteiger partial charge in [0.2, 0.25) is 0 Å². The van der Waals surface area contributed by atoms with Gasteiger partial charge in [0.05, 0.1) is 0 Å². The summed E-state index contributed by atoms with van der Waals surface area (Å²) in [5.41, 5.74) is 0. The number of fused-ring (bicyclic) bond motifs is 1. The van der Waals surface area contributed by atoms with Crippen LogP contribution in [0.3, 0.4) is 0 Å². The summed E-state index contributed by atoms with van der Waals surface area (Å²) in [7, 11) is 2.03. The monoisotopic (exact) mass is 227 g/mol. The quantitative estimate of drug-likeness (QED) is 0.677. The Morgan fingerprint density at radius 3 is 3.25 bits per heavy atom. The number of anilines is 1. The van der Waals surface area contributed by atoms with E-state index in [4.69, 9.17) is 0 Å². The summed E-state index contributed by atoms with van der Waals surface area (Å²) in [6.45, 7) is 0.960. The number of hydrogen-bond acceptors (Lipinski definition) is 2. The van der Waals surface area contributed by atoms with E-state index in [2.05, 4.69) is 38.2 Å². The van der Waals surface area contributed by atoms with Gasteiger partial charge in [-0.25, -0.2) is 4.68 Å². The van der Waals surface area contributed by atoms with E-state index in [-0.39, 0.29) is 0 Å². The van der Waals surface area contributed by atoms with Crippen LogP contribution in [0, 0.1) is 0 Å². The standard InChI is InChI=1S/C8H10BrN3/c1-11-4-2-3-5-12-8(11)6-7(9)10-12/h2,4,6H,3,5H2,1H3. The van der Waals surface area contributed by atoms with Crippen molar-refractivity contribution >= 4 is 21.7 Å². The molecule has 0 unspecified atom stereocenters. The molecule has 2 rings (SSSR count). The van der Waals surface area contributed by atoms with Crippen molar-refractivity contribution < 1.29 is 0 Å². The highest BCUT2D eigenvalue weighted by Gasteiger charge is 2.10. The Morgan fingerprint density at radius 1 is 1.58 bits per heavy atom. The topological polar surface area (TPSA) is 21.1 Å². The van der Waals surface area contributed by atoms with Gasteiger partial charge >= 0.3 is 0 Å². The van der Waals surface area contributed by atoms with Gasteiger partial charge in [-0.3, -0.25) is 0 Å². The first kappa shape index (κ1) is 7.86. The lowest BCUT2D eigenvalue weighted by Gasteiger charge is -2.11. The van der Waals surface area contributed by atoms with Crippen LogP contribution in [-0.2, 0) is 6.54 Å². The fourth-order valence-corrected chi connectivity index (χ4v) is 1.73. The number of hydrogen-bond donors (Lipinski definition) is 0. The minimum atomic E-state index is 0.902. The van der Waals surface area contributed by atoms with Crippen LogP contribution < -0.4 is 4.90 Å². The summed E-state index contributed by atoms with van der Waals surface area (Å²) in [5, 5.41) is 4.31. The van der Waals surface area contributed by atoms with Gasteiger partial charge in [0, 0.05) is 25.9 Å². The van der Waals surface area contributed by atoms with Gasteiger partial charge in [0.1, 0.15) is 10.4 Å². The van der Waals surface area contributed by atoms with Crippen LogP contribution in [0.4, 0.5) is 5.82 Å². The second-order valence-corrected chi connectivity index (χ2v) is 3.65. The van der Waals surface area contributed by atoms with Crippen LogP contribution in [-0.4, -0.2) is 16.8 Å². The van der Waals surface area contributed by atoms with Gasteiger partial charge in [0.25, 0.3) is 0 Å². The third-order valence-corrected chi connectivity index (χ3v) is 2.31. The lowest BCUT2D eigenvalue weighted by molar-refractivity contribution is 0.627. The third kappa shape index (κ3) is 1.27. The molecule has 1 aliphatic rings. The molecule has 3 nitrogen and oxygen atoms in total. The third-order valence-electron chi connectivity index (χ3n) is 1.93. The van der Waals surface area contributed by atoms with Gasteiger partial charge in [-0.15, -0.1) is 0 Å². The van der Waals surface area contributed by atoms with E-state index in [1.807, 2.05) is 17.8 Å². The normalized spacial score (nSPS) is 16.0. The molecule has 0 radical (unpaired) electrons. The molecule has 1 aromatic heterocycles. The molecule has 0 bridgehead atoms. The zero-order valence-electron chi connectivity index (χ0n) is 6.87. The van der Waals surface area contributed by atoms with Crippen LogP contribution in [0.2, 0.25) is 0 Å². The highest BCUT2D eigenvalue weighted by Crippen LogP contribution is 2.21. The van der Waals surface area contributed by atoms with Crippen LogP contribution in [0.5, 0.6) is 0 Å². The predicted molar refractivity (Wildman–Crippen MR) is 52.1 cm³/mol. The van der Waals surface area contributed by atoms with Crippen molar-refractivity contribution in [2.75, 3.05) is 11.9 Å². The van der Waals surface area contributed by atoms with Crippen LogP contribution in [0.15, 0.2) is 22.9 Å². The molecule has 2 heterocycles. The number of rotatable bonds is 0. The highest BCUT2D eigenvalue weighted by molar-refractivity contribution is 9.10. The SMILES string of the molecule is CN1C=CCCn2nc(Br)cc21. The molecule has 4 heteroatoms. The first-order chi connectivity index (χ1) is 5.77. The Hall–Kier alpha value is -0.770. The average Bonchev–Trinajstić information content (AvgIpc) is 2.33. The second-order valence-electron chi connectivity index (χ2n) is 2.83. The molecular formula is C8H10BrN3. The maximum absolute atomic E-state index is 4.31. The van der Waals surface area contributed by atoms with Crippen LogP contribution in [0.25, 0.3) is 0 Å². The molecule has 1 aromatic rings. The zero-order chi connectivity index (χ0) is 8.55. The van der Waals surface area contributed by atoms with Gasteiger partial charge < -0.3 is 4.90 Å². The molecule has 1 aliphatic heterocycles. The van der Waals surface area contributed by atoms with E-state index in [1.54, 1.807) is 0 Å². The molecule has 0 aliphatic carbocycles. The summed E-state index contributed by atoms with van der Waals surface area (Å²) < 4.78 is 2.91. The van der Waals surface area contributed by atoms with Crippen molar-refractivity contribution in [1.29, 1.82) is 0 Å². The van der Waals surface area contributed by atoms with E-state index >= 15 is 0 Å². The Bertz CT molecular complexity index is 316. The fourth-order valence-electron chi connectivity index (χ4n) is 1.33. The molecule has 0 saturated carbocycles. The van der Waals surface area contributed by atoms with Crippen molar-refractivity contribution in [2.45, 2.75) is 13.0 Å². The maximum Gasteiger partial charge on any atom is 0.131 e. The molecule has 0 N–H and O–H groups in total. The van der Waals surface area contributed by atoms with E-state index in [1.165, 1.54) is 0 Å². The lowest BCUT2D eigenvalue weighted by atomic mass is 10.4. The first-order valence-corrected chi connectivity index (χ1v) is 4.69. The molecule has 12 heavy (non-hydrogen) atoms. The predicted octanol–water partition coefficient (Wildman–Crippen LogP) is 2.00. The van der Waals surface area contributed by atoms with E-state index < -0.39 is 0 Å². The Morgan fingerprint density at radius 2 is 2.42 bits per heavy atom. The molecule has 0 aromatic carbocycles. The Labute approximate surface area is 79.8 Å². The maximum atomic E-state index is 4.31. The minimum Gasteiger partial charge on any atom is -0.337 e. The second kappa shape index (κ2) is 2.94. The Balaban J connectivity index is 2.45. The van der Waals surface area contributed by atoms with Gasteiger partial charge in [-0.2, -0.15) is 5.10 Å². The van der Waals surface area contributed by atoms with Crippen molar-refractivity contribution in [3.05, 3.63) is 22.9 Å². The molecule has 0 amide bonds. The number of halogens is 1. The zero-order valence-corrected chi connectivity index (χ0v) is 8.45. The van der Waals surface area contributed by atoms with Crippen LogP contribution in [0.1, 0.15) is 6.42 Å². The molecule has 64 valence electrons. The fraction of sp³-hybridized carbons (Fsp3) is 0.375. The van der Waals surface area contributed by atoms with Crippen molar-refractivity contribution in [3.63, 3.8) is 0 Å². The highest BCUT2D eigenvalue weighted by atomic mass is 79.9. The Kier molecular flexibility index (Phi) is 1.92. The van der Waals surface area contributed by atoms with Crippen molar-refractivity contribution in [3.8, 4) is 0 Å². The summed E-state index contributed by atoms with van der Waals surface area (Å²) in [6, 6.07) is 2.02. The summed E-state index contributed by atoms with van der Waals surface area (Å²) in [4.78, 5) is 2.07. The first-order valence-electron chi connectivity index (χ1n) is 3.90. The summed E-state index contributed by atoms with van der Waals surface area (Å²) in [5.74, 6) is 1.13. The number of nitrogens with zero attached hydrogens (tertiary/aromatic N) is 3. The number of aromatic nitrogens is 2. The molecule has 0 atom stereocenters. The largest absolute Gasteiger partial charge is 0.337 e. The summed E-state index contributed by atoms with van der Waals surface area (Å²) in [6.07, 6.45) is 5.28. The minimum absolute atomic E-state index is 0.902. The van der Waals surface area contributed by atoms with Gasteiger partial charge in [-0.05, 0) is 22.4 Å². The van der Waals surface area contributed by atoms with Gasteiger partial charge in [-0.1, -0.05) is 6.08 Å². The number of aryl methyl sites for hydroxylation is 1. The molecule has 0 spiro atoms. The van der Waals surface area contributed by atoms with E-state index in [0.717, 1.165) is 23.4 Å². The average molecular weight is 228 g/mol. The smallest absolute Gasteiger partial charge is 0.131 e. The number of allylic oxidation sites excluding steroid dienone is 1. The van der Waals surface area contributed by atoms with Crippen LogP contribution >= 0.6 is 15.9 Å². The molecular weight excluding hydrogens is 218 g/mol. The lowest BCUT2D eigenvalue weighted by Crippen LogP contribution is -2.11. The van der Waals surface area contributed by atoms with Gasteiger partial charge in [0.15, 0.2) is 0 Å². The van der Waals surface area contributed by atoms with Crippen molar-refractivity contribution in [1.82, 2.24) is 9.78 Å². The van der Waals surface area contributed by atoms with E-state index in [0.29, 0.717) is 0 Å². The van der Waals surface area contributed by atoms with Crippen molar-refractivity contribution in [2.24, 2.45) is 0 Å².